The first-order valence-electron chi connectivity index (χ1n) is 9.06. The number of carbonyl (C=O) groups is 2. The van der Waals surface area contributed by atoms with Crippen LogP contribution in [0.4, 0.5) is 0 Å². The lowest BCUT2D eigenvalue weighted by Gasteiger charge is -2.10. The number of rotatable bonds is 4. The van der Waals surface area contributed by atoms with Crippen molar-refractivity contribution in [2.75, 3.05) is 0 Å². The number of carbonyl (C=O) groups excluding carboxylic acids is 2. The number of aliphatic imine (C=N–C) groups is 1. The highest BCUT2D eigenvalue weighted by atomic mass is 79.9. The van der Waals surface area contributed by atoms with Crippen LogP contribution in [0.25, 0.3) is 6.08 Å². The van der Waals surface area contributed by atoms with Crippen LogP contribution in [0.2, 0.25) is 10.0 Å². The molecular weight excluding hydrogens is 585 g/mol. The summed E-state index contributed by atoms with van der Waals surface area (Å²) in [5, 5.41) is 0.949. The Balaban J connectivity index is 1.60. The van der Waals surface area contributed by atoms with E-state index in [1.54, 1.807) is 66.7 Å². The van der Waals surface area contributed by atoms with Crippen molar-refractivity contribution in [3.8, 4) is 5.75 Å². The molecule has 0 atom stereocenters. The highest BCUT2D eigenvalue weighted by Crippen LogP contribution is 2.36. The summed E-state index contributed by atoms with van der Waals surface area (Å²) in [6, 6.07) is 16.7. The first kappa shape index (κ1) is 22.7. The van der Waals surface area contributed by atoms with Crippen molar-refractivity contribution < 1.29 is 19.1 Å². The van der Waals surface area contributed by atoms with Gasteiger partial charge in [-0.15, -0.1) is 0 Å². The van der Waals surface area contributed by atoms with Crippen molar-refractivity contribution in [2.24, 2.45) is 4.99 Å². The molecule has 9 heteroatoms. The molecule has 0 aromatic heterocycles. The van der Waals surface area contributed by atoms with Crippen LogP contribution in [0, 0.1) is 0 Å². The molecule has 0 saturated carbocycles. The van der Waals surface area contributed by atoms with E-state index in [0.29, 0.717) is 41.4 Å². The average molecular weight is 596 g/mol. The van der Waals surface area contributed by atoms with E-state index >= 15 is 0 Å². The maximum atomic E-state index is 12.4. The quantitative estimate of drug-likeness (QED) is 0.184. The van der Waals surface area contributed by atoms with Crippen LogP contribution in [-0.2, 0) is 9.53 Å². The standard InChI is InChI=1S/C23H11Br2Cl2NO4/c24-16-9-12(10-17(25)20(16)31-22(29)13-5-7-14(26)8-6-13)11-19-23(30)32-21(28-19)15-3-1-2-4-18(15)27/h1-11H/b19-11-. The van der Waals surface area contributed by atoms with Crippen LogP contribution in [0.15, 0.2) is 80.3 Å². The molecule has 0 saturated heterocycles. The Kier molecular flexibility index (Phi) is 6.81. The number of ether oxygens (including phenoxy) is 2. The summed E-state index contributed by atoms with van der Waals surface area (Å²) >= 11 is 18.8. The van der Waals surface area contributed by atoms with Crippen LogP contribution in [0.3, 0.4) is 0 Å². The van der Waals surface area contributed by atoms with E-state index < -0.39 is 11.9 Å². The first-order chi connectivity index (χ1) is 15.3. The first-order valence-corrected chi connectivity index (χ1v) is 11.4. The van der Waals surface area contributed by atoms with E-state index in [4.69, 9.17) is 32.7 Å². The van der Waals surface area contributed by atoms with Gasteiger partial charge in [0.1, 0.15) is 0 Å². The maximum absolute atomic E-state index is 12.4. The van der Waals surface area contributed by atoms with Crippen molar-refractivity contribution in [3.63, 3.8) is 0 Å². The second-order valence-electron chi connectivity index (χ2n) is 6.53. The number of cyclic esters (lactones) is 1. The molecular formula is C23H11Br2Cl2NO4. The second kappa shape index (κ2) is 9.58. The highest BCUT2D eigenvalue weighted by molar-refractivity contribution is 9.11. The zero-order chi connectivity index (χ0) is 22.8. The normalized spacial score (nSPS) is 14.3. The van der Waals surface area contributed by atoms with Crippen LogP contribution in [0.1, 0.15) is 21.5 Å². The van der Waals surface area contributed by atoms with Gasteiger partial charge in [-0.05, 0) is 92.0 Å². The van der Waals surface area contributed by atoms with Crippen LogP contribution in [-0.4, -0.2) is 17.8 Å². The predicted molar refractivity (Wildman–Crippen MR) is 130 cm³/mol. The SMILES string of the molecule is O=C1OC(c2ccccc2Cl)=N/C1=C\c1cc(Br)c(OC(=O)c2ccc(Cl)cc2)c(Br)c1. The Morgan fingerprint density at radius 2 is 1.66 bits per heavy atom. The Hall–Kier alpha value is -2.45. The Bertz CT molecular complexity index is 1280. The molecule has 0 aliphatic carbocycles. The molecule has 160 valence electrons. The maximum Gasteiger partial charge on any atom is 0.363 e. The van der Waals surface area contributed by atoms with Crippen molar-refractivity contribution in [3.05, 3.63) is 102 Å². The third kappa shape index (κ3) is 4.96. The Morgan fingerprint density at radius 3 is 2.31 bits per heavy atom. The lowest BCUT2D eigenvalue weighted by Crippen LogP contribution is -2.09. The molecule has 3 aromatic carbocycles. The fraction of sp³-hybridized carbons (Fsp3) is 0. The highest BCUT2D eigenvalue weighted by Gasteiger charge is 2.25. The number of halogens is 4. The van der Waals surface area contributed by atoms with Crippen LogP contribution < -0.4 is 4.74 Å². The zero-order valence-electron chi connectivity index (χ0n) is 15.9. The van der Waals surface area contributed by atoms with Crippen molar-refractivity contribution in [1.29, 1.82) is 0 Å². The summed E-state index contributed by atoms with van der Waals surface area (Å²) in [5.41, 5.74) is 1.63. The van der Waals surface area contributed by atoms with Gasteiger partial charge in [-0.1, -0.05) is 35.3 Å². The summed E-state index contributed by atoms with van der Waals surface area (Å²) in [6.45, 7) is 0. The van der Waals surface area contributed by atoms with Gasteiger partial charge in [-0.25, -0.2) is 14.6 Å². The van der Waals surface area contributed by atoms with Gasteiger partial charge in [-0.2, -0.15) is 0 Å². The summed E-state index contributed by atoms with van der Waals surface area (Å²) in [7, 11) is 0. The van der Waals surface area contributed by atoms with Gasteiger partial charge in [-0.3, -0.25) is 0 Å². The lowest BCUT2D eigenvalue weighted by molar-refractivity contribution is -0.129. The second-order valence-corrected chi connectivity index (χ2v) is 9.08. The van der Waals surface area contributed by atoms with Crippen molar-refractivity contribution in [2.45, 2.75) is 0 Å². The van der Waals surface area contributed by atoms with Gasteiger partial charge in [0.15, 0.2) is 11.4 Å². The third-order valence-corrected chi connectivity index (χ3v) is 6.08. The van der Waals surface area contributed by atoms with Gasteiger partial charge < -0.3 is 9.47 Å². The van der Waals surface area contributed by atoms with E-state index in [-0.39, 0.29) is 11.6 Å². The summed E-state index contributed by atoms with van der Waals surface area (Å²) in [5.74, 6) is -0.701. The topological polar surface area (TPSA) is 65.0 Å². The molecule has 1 aliphatic rings. The van der Waals surface area contributed by atoms with Gasteiger partial charge in [0.05, 0.1) is 25.1 Å². The monoisotopic (exact) mass is 593 g/mol. The minimum atomic E-state index is -0.592. The minimum absolute atomic E-state index is 0.115. The van der Waals surface area contributed by atoms with E-state index in [9.17, 15) is 9.59 Å². The molecule has 0 fully saturated rings. The average Bonchev–Trinajstić information content (AvgIpc) is 3.11. The summed E-state index contributed by atoms with van der Waals surface area (Å²) in [4.78, 5) is 29.0. The Morgan fingerprint density at radius 1 is 1.00 bits per heavy atom. The smallest absolute Gasteiger partial charge is 0.363 e. The third-order valence-electron chi connectivity index (χ3n) is 4.32. The number of esters is 2. The molecule has 1 aliphatic heterocycles. The molecule has 5 nitrogen and oxygen atoms in total. The fourth-order valence-electron chi connectivity index (χ4n) is 2.81. The summed E-state index contributed by atoms with van der Waals surface area (Å²) in [6.07, 6.45) is 1.56. The molecule has 0 radical (unpaired) electrons. The van der Waals surface area contributed by atoms with E-state index in [2.05, 4.69) is 36.9 Å². The van der Waals surface area contributed by atoms with Crippen LogP contribution >= 0.6 is 55.1 Å². The molecule has 0 N–H and O–H groups in total. The van der Waals surface area contributed by atoms with E-state index in [0.717, 1.165) is 0 Å². The molecule has 0 spiro atoms. The van der Waals surface area contributed by atoms with Gasteiger partial charge in [0.25, 0.3) is 0 Å². The number of benzene rings is 3. The minimum Gasteiger partial charge on any atom is -0.421 e. The molecule has 3 aromatic rings. The molecule has 0 amide bonds. The van der Waals surface area contributed by atoms with Gasteiger partial charge in [0.2, 0.25) is 5.90 Å². The molecule has 4 rings (SSSR count). The largest absolute Gasteiger partial charge is 0.421 e. The van der Waals surface area contributed by atoms with E-state index in [1.807, 2.05) is 0 Å². The van der Waals surface area contributed by atoms with Gasteiger partial charge >= 0.3 is 11.9 Å². The molecule has 1 heterocycles. The fourth-order valence-corrected chi connectivity index (χ4v) is 4.54. The molecule has 32 heavy (non-hydrogen) atoms. The zero-order valence-corrected chi connectivity index (χ0v) is 20.6. The lowest BCUT2D eigenvalue weighted by atomic mass is 10.2. The van der Waals surface area contributed by atoms with Crippen molar-refractivity contribution in [1.82, 2.24) is 0 Å². The number of hydrogen-bond donors (Lipinski definition) is 0. The van der Waals surface area contributed by atoms with Gasteiger partial charge in [0, 0.05) is 5.02 Å². The van der Waals surface area contributed by atoms with Crippen molar-refractivity contribution >= 4 is 79.0 Å². The summed E-state index contributed by atoms with van der Waals surface area (Å²) < 4.78 is 11.8. The Labute approximate surface area is 209 Å². The molecule has 0 unspecified atom stereocenters. The molecule has 0 bridgehead atoms. The van der Waals surface area contributed by atoms with E-state index in [1.165, 1.54) is 0 Å². The number of nitrogens with zero attached hydrogens (tertiary/aromatic N) is 1. The van der Waals surface area contributed by atoms with Crippen LogP contribution in [0.5, 0.6) is 5.75 Å². The predicted octanol–water partition coefficient (Wildman–Crippen LogP) is 7.08. The number of hydrogen-bond acceptors (Lipinski definition) is 5.